The van der Waals surface area contributed by atoms with Crippen molar-refractivity contribution in [2.45, 2.75) is 51.4 Å². The lowest BCUT2D eigenvalue weighted by molar-refractivity contribution is 0.235. The molecule has 0 bridgehead atoms. The minimum absolute atomic E-state index is 0.834. The van der Waals surface area contributed by atoms with Gasteiger partial charge in [-0.25, -0.2) is 0 Å². The maximum atomic E-state index is 2.69. The standard InChI is InChI=1S/C20H29N/c1-4-10-18(11-5-1)16-20(19-12-6-2-7-13-19)17-21-14-8-3-9-15-21/h1,4-5,10-11,16,19H,2-3,6-9,12-15,17H2/b20-16+. The van der Waals surface area contributed by atoms with Crippen LogP contribution in [0.1, 0.15) is 56.9 Å². The number of piperidine rings is 1. The molecule has 1 nitrogen and oxygen atoms in total. The van der Waals surface area contributed by atoms with E-state index in [9.17, 15) is 0 Å². The van der Waals surface area contributed by atoms with Crippen LogP contribution in [0.3, 0.4) is 0 Å². The van der Waals surface area contributed by atoms with Gasteiger partial charge in [0.15, 0.2) is 0 Å². The second-order valence-corrected chi connectivity index (χ2v) is 6.80. The van der Waals surface area contributed by atoms with Gasteiger partial charge in [0.1, 0.15) is 0 Å². The topological polar surface area (TPSA) is 3.24 Å². The van der Waals surface area contributed by atoms with E-state index in [4.69, 9.17) is 0 Å². The van der Waals surface area contributed by atoms with Crippen LogP contribution in [0.5, 0.6) is 0 Å². The van der Waals surface area contributed by atoms with Crippen LogP contribution in [0.15, 0.2) is 35.9 Å². The Morgan fingerprint density at radius 1 is 0.905 bits per heavy atom. The summed E-state index contributed by atoms with van der Waals surface area (Å²) in [7, 11) is 0. The molecule has 114 valence electrons. The molecule has 1 aromatic rings. The van der Waals surface area contributed by atoms with Gasteiger partial charge < -0.3 is 0 Å². The largest absolute Gasteiger partial charge is 0.299 e. The third-order valence-corrected chi connectivity index (χ3v) is 5.14. The fourth-order valence-corrected chi connectivity index (χ4v) is 3.91. The Bertz CT molecular complexity index is 436. The lowest BCUT2D eigenvalue weighted by Gasteiger charge is -2.32. The van der Waals surface area contributed by atoms with Crippen LogP contribution in [0.25, 0.3) is 6.08 Å². The van der Waals surface area contributed by atoms with Crippen LogP contribution in [-0.4, -0.2) is 24.5 Å². The molecule has 1 heteroatoms. The third-order valence-electron chi connectivity index (χ3n) is 5.14. The molecule has 1 aromatic carbocycles. The average Bonchev–Trinajstić information content (AvgIpc) is 2.57. The van der Waals surface area contributed by atoms with E-state index in [1.165, 1.54) is 76.6 Å². The number of likely N-dealkylation sites (tertiary alicyclic amines) is 1. The molecule has 1 heterocycles. The molecule has 21 heavy (non-hydrogen) atoms. The molecule has 0 radical (unpaired) electrons. The fourth-order valence-electron chi connectivity index (χ4n) is 3.91. The Labute approximate surface area is 130 Å². The molecule has 0 spiro atoms. The summed E-state index contributed by atoms with van der Waals surface area (Å²) in [4.78, 5) is 2.69. The van der Waals surface area contributed by atoms with Crippen molar-refractivity contribution >= 4 is 6.08 Å². The molecule has 1 aliphatic carbocycles. The molecule has 1 saturated carbocycles. The summed E-state index contributed by atoms with van der Waals surface area (Å²) in [5.74, 6) is 0.834. The highest BCUT2D eigenvalue weighted by Gasteiger charge is 2.20. The number of nitrogens with zero attached hydrogens (tertiary/aromatic N) is 1. The van der Waals surface area contributed by atoms with Crippen molar-refractivity contribution in [3.05, 3.63) is 41.5 Å². The van der Waals surface area contributed by atoms with Crippen LogP contribution >= 0.6 is 0 Å². The first-order valence-electron chi connectivity index (χ1n) is 8.90. The van der Waals surface area contributed by atoms with Crippen LogP contribution in [-0.2, 0) is 0 Å². The van der Waals surface area contributed by atoms with Crippen LogP contribution in [0, 0.1) is 5.92 Å². The molecular weight excluding hydrogens is 254 g/mol. The minimum atomic E-state index is 0.834. The summed E-state index contributed by atoms with van der Waals surface area (Å²) >= 11 is 0. The Morgan fingerprint density at radius 2 is 1.57 bits per heavy atom. The molecule has 3 rings (SSSR count). The van der Waals surface area contributed by atoms with Gasteiger partial charge in [-0.3, -0.25) is 4.90 Å². The van der Waals surface area contributed by atoms with E-state index in [0.717, 1.165) is 5.92 Å². The van der Waals surface area contributed by atoms with Gasteiger partial charge in [-0.1, -0.05) is 67.7 Å². The van der Waals surface area contributed by atoms with Gasteiger partial charge in [0.2, 0.25) is 0 Å². The van der Waals surface area contributed by atoms with Gasteiger partial charge in [-0.05, 0) is 50.3 Å². The Balaban J connectivity index is 1.74. The third kappa shape index (κ3) is 4.44. The normalized spacial score (nSPS) is 22.4. The number of hydrogen-bond donors (Lipinski definition) is 0. The first kappa shape index (κ1) is 14.8. The summed E-state index contributed by atoms with van der Waals surface area (Å²) in [5, 5.41) is 0. The highest BCUT2D eigenvalue weighted by atomic mass is 15.1. The molecule has 0 unspecified atom stereocenters. The zero-order chi connectivity index (χ0) is 14.3. The Kier molecular flexibility index (Phi) is 5.51. The van der Waals surface area contributed by atoms with Crippen LogP contribution in [0.2, 0.25) is 0 Å². The van der Waals surface area contributed by atoms with E-state index in [2.05, 4.69) is 41.3 Å². The summed E-state index contributed by atoms with van der Waals surface area (Å²) in [5.41, 5.74) is 3.08. The average molecular weight is 283 g/mol. The van der Waals surface area contributed by atoms with Gasteiger partial charge in [0, 0.05) is 6.54 Å². The van der Waals surface area contributed by atoms with Crippen molar-refractivity contribution in [1.82, 2.24) is 4.90 Å². The fraction of sp³-hybridized carbons (Fsp3) is 0.600. The molecular formula is C20H29N. The zero-order valence-electron chi connectivity index (χ0n) is 13.3. The van der Waals surface area contributed by atoms with Gasteiger partial charge in [-0.2, -0.15) is 0 Å². The van der Waals surface area contributed by atoms with Crippen molar-refractivity contribution < 1.29 is 0 Å². The molecule has 1 saturated heterocycles. The number of rotatable bonds is 4. The molecule has 1 aliphatic heterocycles. The minimum Gasteiger partial charge on any atom is -0.299 e. The van der Waals surface area contributed by atoms with E-state index >= 15 is 0 Å². The van der Waals surface area contributed by atoms with Gasteiger partial charge in [0.05, 0.1) is 0 Å². The van der Waals surface area contributed by atoms with E-state index in [1.54, 1.807) is 5.57 Å². The number of benzene rings is 1. The van der Waals surface area contributed by atoms with Gasteiger partial charge in [0.25, 0.3) is 0 Å². The lowest BCUT2D eigenvalue weighted by atomic mass is 9.82. The highest BCUT2D eigenvalue weighted by Crippen LogP contribution is 2.31. The van der Waals surface area contributed by atoms with Crippen molar-refractivity contribution in [1.29, 1.82) is 0 Å². The maximum Gasteiger partial charge on any atom is 0.0198 e. The van der Waals surface area contributed by atoms with E-state index < -0.39 is 0 Å². The molecule has 2 fully saturated rings. The number of hydrogen-bond acceptors (Lipinski definition) is 1. The predicted molar refractivity (Wildman–Crippen MR) is 91.3 cm³/mol. The summed E-state index contributed by atoms with van der Waals surface area (Å²) in [6.07, 6.45) is 13.8. The van der Waals surface area contributed by atoms with Gasteiger partial charge in [-0.15, -0.1) is 0 Å². The van der Waals surface area contributed by atoms with Crippen molar-refractivity contribution in [2.75, 3.05) is 19.6 Å². The van der Waals surface area contributed by atoms with Crippen LogP contribution in [0.4, 0.5) is 0 Å². The lowest BCUT2D eigenvalue weighted by Crippen LogP contribution is -2.33. The van der Waals surface area contributed by atoms with E-state index in [-0.39, 0.29) is 0 Å². The van der Waals surface area contributed by atoms with Crippen molar-refractivity contribution in [3.8, 4) is 0 Å². The summed E-state index contributed by atoms with van der Waals surface area (Å²) < 4.78 is 0. The highest BCUT2D eigenvalue weighted by molar-refractivity contribution is 5.53. The second-order valence-electron chi connectivity index (χ2n) is 6.80. The molecule has 0 atom stereocenters. The smallest absolute Gasteiger partial charge is 0.0198 e. The van der Waals surface area contributed by atoms with Crippen molar-refractivity contribution in [3.63, 3.8) is 0 Å². The maximum absolute atomic E-state index is 2.69. The zero-order valence-corrected chi connectivity index (χ0v) is 13.3. The SMILES string of the molecule is C(=C(/CN1CCCCC1)C1CCCCC1)/c1ccccc1. The van der Waals surface area contributed by atoms with Gasteiger partial charge >= 0.3 is 0 Å². The summed E-state index contributed by atoms with van der Waals surface area (Å²) in [6, 6.07) is 10.9. The Morgan fingerprint density at radius 3 is 2.29 bits per heavy atom. The predicted octanol–water partition coefficient (Wildman–Crippen LogP) is 5.14. The quantitative estimate of drug-likeness (QED) is 0.740. The molecule has 2 aliphatic rings. The van der Waals surface area contributed by atoms with E-state index in [0.29, 0.717) is 0 Å². The Hall–Kier alpha value is -1.08. The second kappa shape index (κ2) is 7.79. The summed E-state index contributed by atoms with van der Waals surface area (Å²) in [6.45, 7) is 3.82. The molecule has 0 aromatic heterocycles. The van der Waals surface area contributed by atoms with E-state index in [1.807, 2.05) is 0 Å². The first-order valence-corrected chi connectivity index (χ1v) is 8.90. The monoisotopic (exact) mass is 283 g/mol. The molecule has 0 amide bonds. The van der Waals surface area contributed by atoms with Crippen LogP contribution < -0.4 is 0 Å². The molecule has 0 N–H and O–H groups in total. The van der Waals surface area contributed by atoms with Crippen molar-refractivity contribution in [2.24, 2.45) is 5.92 Å². The first-order chi connectivity index (χ1) is 10.4.